The summed E-state index contributed by atoms with van der Waals surface area (Å²) >= 11 is 0. The van der Waals surface area contributed by atoms with E-state index in [1.807, 2.05) is 30.3 Å². The molecule has 4 N–H and O–H groups in total. The first-order valence-corrected chi connectivity index (χ1v) is 21.9. The number of fused-ring (bicyclic) bond motifs is 1. The van der Waals surface area contributed by atoms with E-state index < -0.39 is 46.8 Å². The van der Waals surface area contributed by atoms with Crippen molar-refractivity contribution in [2.24, 2.45) is 9.98 Å². The molecule has 67 heavy (non-hydrogen) atoms. The molecule has 2 aliphatic heterocycles. The Bertz CT molecular complexity index is 2450. The van der Waals surface area contributed by atoms with E-state index in [-0.39, 0.29) is 30.3 Å². The molecule has 0 bridgehead atoms. The number of nitrogens with zero attached hydrogens (tertiary/aromatic N) is 4. The number of benzene rings is 3. The molecule has 2 aliphatic rings. The monoisotopic (exact) mass is 922 g/mol. The lowest BCUT2D eigenvalue weighted by Crippen LogP contribution is -2.48. The summed E-state index contributed by atoms with van der Waals surface area (Å²) in [5, 5.41) is 11.0. The molecule has 18 heteroatoms. The zero-order valence-electron chi connectivity index (χ0n) is 40.3. The van der Waals surface area contributed by atoms with Gasteiger partial charge < -0.3 is 39.4 Å². The van der Waals surface area contributed by atoms with Crippen molar-refractivity contribution in [2.75, 3.05) is 23.7 Å². The smallest absolute Gasteiger partial charge is 0.437 e. The van der Waals surface area contributed by atoms with Crippen molar-refractivity contribution in [1.82, 2.24) is 20.4 Å². The molecule has 6 amide bonds. The van der Waals surface area contributed by atoms with Gasteiger partial charge in [-0.25, -0.2) is 19.2 Å². The fraction of sp³-hybridized carbons (Fsp3) is 0.429. The van der Waals surface area contributed by atoms with Gasteiger partial charge in [0.15, 0.2) is 0 Å². The molecule has 3 aromatic carbocycles. The van der Waals surface area contributed by atoms with Gasteiger partial charge in [0.05, 0.1) is 0 Å². The first-order valence-electron chi connectivity index (χ1n) is 21.9. The Labute approximate surface area is 391 Å². The van der Waals surface area contributed by atoms with Gasteiger partial charge in [0.1, 0.15) is 22.4 Å². The molecule has 0 unspecified atom stereocenters. The second kappa shape index (κ2) is 20.5. The molecule has 5 rings (SSSR count). The van der Waals surface area contributed by atoms with Gasteiger partial charge >= 0.3 is 24.4 Å². The van der Waals surface area contributed by atoms with Crippen molar-refractivity contribution >= 4 is 65.1 Å². The number of carbonyl (C=O) groups excluding carboxylic acids is 6. The highest BCUT2D eigenvalue weighted by Crippen LogP contribution is 2.28. The minimum atomic E-state index is -0.873. The van der Waals surface area contributed by atoms with Gasteiger partial charge in [0, 0.05) is 48.7 Å². The molecule has 0 saturated carbocycles. The van der Waals surface area contributed by atoms with Crippen molar-refractivity contribution in [3.8, 4) is 0 Å². The largest absolute Gasteiger partial charge is 0.444 e. The van der Waals surface area contributed by atoms with Crippen LogP contribution in [-0.2, 0) is 32.0 Å². The van der Waals surface area contributed by atoms with Crippen molar-refractivity contribution < 1.29 is 47.7 Å². The summed E-state index contributed by atoms with van der Waals surface area (Å²) in [5.74, 6) is -0.758. The van der Waals surface area contributed by atoms with Crippen LogP contribution in [-0.4, -0.2) is 93.4 Å². The maximum Gasteiger partial charge on any atom is 0.437 e. The van der Waals surface area contributed by atoms with E-state index in [1.54, 1.807) is 135 Å². The molecule has 358 valence electrons. The number of anilines is 2. The van der Waals surface area contributed by atoms with Crippen LogP contribution in [0.5, 0.6) is 0 Å². The Kier molecular flexibility index (Phi) is 15.5. The van der Waals surface area contributed by atoms with Gasteiger partial charge in [-0.15, -0.1) is 9.98 Å². The fourth-order valence-corrected chi connectivity index (χ4v) is 6.58. The molecular formula is C49H62N8O10. The molecule has 0 radical (unpaired) electrons. The van der Waals surface area contributed by atoms with Gasteiger partial charge in [-0.05, 0) is 160 Å². The van der Waals surface area contributed by atoms with Crippen LogP contribution in [0.25, 0.3) is 5.57 Å². The highest BCUT2D eigenvalue weighted by atomic mass is 16.6. The summed E-state index contributed by atoms with van der Waals surface area (Å²) in [5.41, 5.74) is 2.37. The number of nitrogens with one attached hydrogen (secondary N) is 4. The highest BCUT2D eigenvalue weighted by molar-refractivity contribution is 6.07. The van der Waals surface area contributed by atoms with Crippen molar-refractivity contribution in [3.05, 3.63) is 101 Å². The van der Waals surface area contributed by atoms with Gasteiger partial charge in [-0.3, -0.25) is 20.2 Å². The fourth-order valence-electron chi connectivity index (χ4n) is 6.58. The average molecular weight is 923 g/mol. The Morgan fingerprint density at radius 2 is 0.955 bits per heavy atom. The Balaban J connectivity index is 1.17. The van der Waals surface area contributed by atoms with E-state index >= 15 is 0 Å². The summed E-state index contributed by atoms with van der Waals surface area (Å²) in [6, 6.07) is 19.1. The lowest BCUT2D eigenvalue weighted by atomic mass is 9.99. The van der Waals surface area contributed by atoms with E-state index in [0.29, 0.717) is 48.6 Å². The number of hydrogen-bond acceptors (Lipinski definition) is 10. The average Bonchev–Trinajstić information content (AvgIpc) is 3.62. The molecule has 0 aromatic heterocycles. The van der Waals surface area contributed by atoms with Crippen LogP contribution in [0.2, 0.25) is 0 Å². The molecule has 0 spiro atoms. The summed E-state index contributed by atoms with van der Waals surface area (Å²) in [7, 11) is 0. The lowest BCUT2D eigenvalue weighted by Gasteiger charge is -2.30. The van der Waals surface area contributed by atoms with Crippen LogP contribution in [0.1, 0.15) is 127 Å². The summed E-state index contributed by atoms with van der Waals surface area (Å²) in [6.45, 7) is 22.1. The van der Waals surface area contributed by atoms with E-state index in [4.69, 9.17) is 18.9 Å². The SMILES string of the molecule is CC(C)(C)OC(=O)N=C(NC(=O)OC(C)(C)C)N1CC=C(c2ccc(NC(=O)c3ccc(C(=O)Nc4ccc5c(c4)CN(C(=NC(=O)OC(C)(C)C)NC(=O)OC(C)(C)C)C5)cc3)cc2)CC1. The van der Waals surface area contributed by atoms with Crippen LogP contribution >= 0.6 is 0 Å². The maximum absolute atomic E-state index is 13.3. The minimum absolute atomic E-state index is 0.0231. The Morgan fingerprint density at radius 1 is 0.522 bits per heavy atom. The van der Waals surface area contributed by atoms with E-state index in [2.05, 4.69) is 31.3 Å². The number of carbonyl (C=O) groups is 6. The number of alkyl carbamates (subject to hydrolysis) is 2. The number of rotatable bonds is 5. The van der Waals surface area contributed by atoms with Crippen LogP contribution in [0.3, 0.4) is 0 Å². The molecule has 0 aliphatic carbocycles. The third-order valence-electron chi connectivity index (χ3n) is 9.32. The zero-order chi connectivity index (χ0) is 49.5. The summed E-state index contributed by atoms with van der Waals surface area (Å²) in [4.78, 5) is 88.6. The first-order chi connectivity index (χ1) is 31.1. The number of ether oxygens (including phenoxy) is 4. The van der Waals surface area contributed by atoms with Crippen LogP contribution in [0.4, 0.5) is 30.6 Å². The lowest BCUT2D eigenvalue weighted by molar-refractivity contribution is 0.0536. The van der Waals surface area contributed by atoms with Gasteiger partial charge in [-0.2, -0.15) is 0 Å². The number of hydrogen-bond donors (Lipinski definition) is 4. The topological polar surface area (TPSA) is 219 Å². The van der Waals surface area contributed by atoms with E-state index in [9.17, 15) is 28.8 Å². The van der Waals surface area contributed by atoms with Crippen molar-refractivity contribution in [1.29, 1.82) is 0 Å². The molecular weight excluding hydrogens is 861 g/mol. The number of aliphatic imine (C=N–C) groups is 2. The Morgan fingerprint density at radius 3 is 1.40 bits per heavy atom. The van der Waals surface area contributed by atoms with Gasteiger partial charge in [0.2, 0.25) is 11.9 Å². The number of amides is 6. The first kappa shape index (κ1) is 50.8. The van der Waals surface area contributed by atoms with Crippen LogP contribution in [0, 0.1) is 0 Å². The molecule has 0 fully saturated rings. The normalized spacial score (nSPS) is 14.5. The molecule has 3 aromatic rings. The zero-order valence-corrected chi connectivity index (χ0v) is 40.3. The third kappa shape index (κ3) is 16.3. The highest BCUT2D eigenvalue weighted by Gasteiger charge is 2.29. The standard InChI is InChI=1S/C49H62N8O10/c1-46(2,3)64-42(60)52-40(53-43(61)65-47(4,5)6)56-25-23-31(24-26-56)30-17-20-36(21-18-30)50-38(58)32-13-15-33(16-14-32)39(59)51-37-22-19-34-28-57(29-35(34)27-37)41(54-44(62)66-48(7,8)9)55-45(63)67-49(10,11)12/h13-23,27H,24-26,28-29H2,1-12H3,(H,50,58)(H,51,59)(H,52,53,60,61)(H,54,55,62,63). The third-order valence-corrected chi connectivity index (χ3v) is 9.32. The minimum Gasteiger partial charge on any atom is -0.444 e. The van der Waals surface area contributed by atoms with E-state index in [1.165, 1.54) is 0 Å². The molecule has 2 heterocycles. The second-order valence-corrected chi connectivity index (χ2v) is 19.9. The summed E-state index contributed by atoms with van der Waals surface area (Å²) < 4.78 is 21.5. The predicted molar refractivity (Wildman–Crippen MR) is 255 cm³/mol. The summed E-state index contributed by atoms with van der Waals surface area (Å²) in [6.07, 6.45) is -0.691. The number of guanidine groups is 2. The van der Waals surface area contributed by atoms with Gasteiger partial charge in [0.25, 0.3) is 11.8 Å². The molecule has 0 atom stereocenters. The molecule has 0 saturated heterocycles. The van der Waals surface area contributed by atoms with Crippen molar-refractivity contribution in [2.45, 2.75) is 125 Å². The molecule has 18 nitrogen and oxygen atoms in total. The van der Waals surface area contributed by atoms with Crippen LogP contribution in [0.15, 0.2) is 82.8 Å². The Hall–Kier alpha value is -7.24. The maximum atomic E-state index is 13.3. The van der Waals surface area contributed by atoms with E-state index in [0.717, 1.165) is 22.3 Å². The van der Waals surface area contributed by atoms with Crippen molar-refractivity contribution in [3.63, 3.8) is 0 Å². The quantitative estimate of drug-likeness (QED) is 0.107. The van der Waals surface area contributed by atoms with Gasteiger partial charge in [-0.1, -0.05) is 24.3 Å². The van der Waals surface area contributed by atoms with Crippen LogP contribution < -0.4 is 21.3 Å². The second-order valence-electron chi connectivity index (χ2n) is 19.9. The predicted octanol–water partition coefficient (Wildman–Crippen LogP) is 9.23.